The van der Waals surface area contributed by atoms with E-state index in [4.69, 9.17) is 0 Å². The second-order valence-corrected chi connectivity index (χ2v) is 5.66. The lowest BCUT2D eigenvalue weighted by Gasteiger charge is -2.21. The number of benzene rings is 1. The molecule has 84 valence electrons. The van der Waals surface area contributed by atoms with E-state index in [0.29, 0.717) is 0 Å². The summed E-state index contributed by atoms with van der Waals surface area (Å²) in [6.45, 7) is 10.8. The summed E-state index contributed by atoms with van der Waals surface area (Å²) >= 11 is 0. The van der Waals surface area contributed by atoms with Crippen molar-refractivity contribution < 1.29 is 0 Å². The molecule has 0 saturated heterocycles. The molecular weight excluding hydrogens is 196 g/mol. The molecule has 2 aromatic rings. The van der Waals surface area contributed by atoms with E-state index in [1.807, 2.05) is 0 Å². The van der Waals surface area contributed by atoms with Crippen LogP contribution < -0.4 is 5.43 Å². The predicted octanol–water partition coefficient (Wildman–Crippen LogP) is 3.50. The third-order valence-corrected chi connectivity index (χ3v) is 3.13. The monoisotopic (exact) mass is 214 g/mol. The van der Waals surface area contributed by atoms with Gasteiger partial charge in [-0.15, -0.1) is 0 Å². The fourth-order valence-corrected chi connectivity index (χ4v) is 2.11. The Hall–Kier alpha value is -1.37. The van der Waals surface area contributed by atoms with Crippen molar-refractivity contribution in [1.29, 1.82) is 0 Å². The van der Waals surface area contributed by atoms with Crippen molar-refractivity contribution >= 4 is 0 Å². The third-order valence-electron chi connectivity index (χ3n) is 3.13. The molecule has 2 rings (SSSR count). The maximum atomic E-state index is 11.2. The normalized spacial score (nSPS) is 12.3. The van der Waals surface area contributed by atoms with Crippen LogP contribution in [0.25, 0.3) is 11.1 Å². The number of hydrogen-bond acceptors (Lipinski definition) is 1. The summed E-state index contributed by atoms with van der Waals surface area (Å²) in [7, 11) is 0. The molecule has 0 atom stereocenters. The summed E-state index contributed by atoms with van der Waals surface area (Å²) in [5.41, 5.74) is 6.14. The van der Waals surface area contributed by atoms with Crippen LogP contribution in [0, 0.1) is 13.8 Å². The third kappa shape index (κ3) is 1.82. The minimum Gasteiger partial charge on any atom is -0.289 e. The second-order valence-electron chi connectivity index (χ2n) is 5.66. The molecule has 16 heavy (non-hydrogen) atoms. The van der Waals surface area contributed by atoms with Gasteiger partial charge in [-0.2, -0.15) is 0 Å². The summed E-state index contributed by atoms with van der Waals surface area (Å²) in [5, 5.41) is 0. The van der Waals surface area contributed by atoms with Gasteiger partial charge in [-0.05, 0) is 47.6 Å². The molecular formula is C15H18O. The van der Waals surface area contributed by atoms with Crippen LogP contribution in [-0.4, -0.2) is 0 Å². The molecule has 1 nitrogen and oxygen atoms in total. The lowest BCUT2D eigenvalue weighted by molar-refractivity contribution is 0.589. The highest BCUT2D eigenvalue weighted by atomic mass is 16.1. The largest absolute Gasteiger partial charge is 0.289 e. The molecule has 0 amide bonds. The molecule has 0 spiro atoms. The molecule has 1 heteroatoms. The zero-order chi connectivity index (χ0) is 12.1. The first kappa shape index (κ1) is 11.1. The molecule has 0 unspecified atom stereocenters. The highest BCUT2D eigenvalue weighted by Crippen LogP contribution is 2.32. The van der Waals surface area contributed by atoms with Gasteiger partial charge in [-0.1, -0.05) is 32.9 Å². The van der Waals surface area contributed by atoms with Crippen molar-refractivity contribution in [3.8, 4) is 11.1 Å². The van der Waals surface area contributed by atoms with E-state index in [0.717, 1.165) is 11.1 Å². The smallest absolute Gasteiger partial charge is 0.187 e. The van der Waals surface area contributed by atoms with E-state index >= 15 is 0 Å². The molecule has 0 fully saturated rings. The molecule has 0 aromatic heterocycles. The van der Waals surface area contributed by atoms with Crippen LogP contribution in [0.5, 0.6) is 0 Å². The average Bonchev–Trinajstić information content (AvgIpc) is 2.79. The SMILES string of the molecule is Cc1cc(C(C)(C)C)cc(C)c1-c1cc1=O. The molecule has 0 N–H and O–H groups in total. The van der Waals surface area contributed by atoms with Crippen LogP contribution in [0.15, 0.2) is 23.0 Å². The fraction of sp³-hybridized carbons (Fsp3) is 0.400. The quantitative estimate of drug-likeness (QED) is 0.710. The average molecular weight is 214 g/mol. The van der Waals surface area contributed by atoms with Gasteiger partial charge in [0.2, 0.25) is 0 Å². The van der Waals surface area contributed by atoms with Crippen molar-refractivity contribution in [2.45, 2.75) is 40.0 Å². The van der Waals surface area contributed by atoms with Gasteiger partial charge < -0.3 is 0 Å². The summed E-state index contributed by atoms with van der Waals surface area (Å²) in [5.74, 6) is 0. The first-order valence-electron chi connectivity index (χ1n) is 5.69. The fourth-order valence-electron chi connectivity index (χ4n) is 2.11. The number of hydrogen-bond donors (Lipinski definition) is 0. The number of rotatable bonds is 1. The predicted molar refractivity (Wildman–Crippen MR) is 68.7 cm³/mol. The maximum absolute atomic E-state index is 11.2. The standard InChI is InChI=1S/C15H18O/c1-9-6-11(15(3,4)5)7-10(2)14(9)12-8-13(12)16/h6-8H,1-5H3. The van der Waals surface area contributed by atoms with E-state index in [1.165, 1.54) is 16.7 Å². The van der Waals surface area contributed by atoms with Gasteiger partial charge in [0.05, 0.1) is 0 Å². The van der Waals surface area contributed by atoms with Gasteiger partial charge in [0.25, 0.3) is 0 Å². The van der Waals surface area contributed by atoms with E-state index in [1.54, 1.807) is 6.07 Å². The van der Waals surface area contributed by atoms with Crippen LogP contribution in [-0.2, 0) is 5.41 Å². The van der Waals surface area contributed by atoms with Crippen LogP contribution in [0.4, 0.5) is 0 Å². The Morgan fingerprint density at radius 3 is 1.69 bits per heavy atom. The summed E-state index contributed by atoms with van der Waals surface area (Å²) in [6.07, 6.45) is 0. The zero-order valence-electron chi connectivity index (χ0n) is 10.6. The van der Waals surface area contributed by atoms with Crippen LogP contribution >= 0.6 is 0 Å². The van der Waals surface area contributed by atoms with Gasteiger partial charge in [0, 0.05) is 5.56 Å². The topological polar surface area (TPSA) is 17.1 Å². The Kier molecular flexibility index (Phi) is 2.30. The highest BCUT2D eigenvalue weighted by Gasteiger charge is 2.20. The zero-order valence-corrected chi connectivity index (χ0v) is 10.6. The minimum absolute atomic E-state index is 0.163. The number of aryl methyl sites for hydroxylation is 2. The minimum atomic E-state index is 0.163. The Balaban J connectivity index is 2.57. The van der Waals surface area contributed by atoms with Gasteiger partial charge in [0.15, 0.2) is 5.43 Å². The molecule has 0 heterocycles. The van der Waals surface area contributed by atoms with E-state index < -0.39 is 0 Å². The Morgan fingerprint density at radius 1 is 0.938 bits per heavy atom. The van der Waals surface area contributed by atoms with Gasteiger partial charge in [0.1, 0.15) is 0 Å². The lowest BCUT2D eigenvalue weighted by Crippen LogP contribution is -2.12. The van der Waals surface area contributed by atoms with Crippen molar-refractivity contribution in [3.05, 3.63) is 45.1 Å². The molecule has 0 aliphatic rings. The summed E-state index contributed by atoms with van der Waals surface area (Å²) in [6, 6.07) is 6.12. The summed E-state index contributed by atoms with van der Waals surface area (Å²) in [4.78, 5) is 11.2. The maximum Gasteiger partial charge on any atom is 0.187 e. The van der Waals surface area contributed by atoms with E-state index in [2.05, 4.69) is 46.8 Å². The summed E-state index contributed by atoms with van der Waals surface area (Å²) < 4.78 is 0. The first-order chi connectivity index (χ1) is 7.30. The lowest BCUT2D eigenvalue weighted by atomic mass is 9.83. The van der Waals surface area contributed by atoms with Gasteiger partial charge in [-0.3, -0.25) is 4.79 Å². The highest BCUT2D eigenvalue weighted by molar-refractivity contribution is 5.76. The van der Waals surface area contributed by atoms with E-state index in [-0.39, 0.29) is 10.8 Å². The Morgan fingerprint density at radius 2 is 1.38 bits per heavy atom. The van der Waals surface area contributed by atoms with Crippen LogP contribution in [0.1, 0.15) is 37.5 Å². The molecule has 0 radical (unpaired) electrons. The molecule has 0 saturated carbocycles. The van der Waals surface area contributed by atoms with Gasteiger partial charge in [-0.25, -0.2) is 0 Å². The Labute approximate surface area is 96.8 Å². The Bertz CT molecular complexity index is 523. The molecule has 0 aliphatic carbocycles. The van der Waals surface area contributed by atoms with Gasteiger partial charge >= 0.3 is 0 Å². The first-order valence-corrected chi connectivity index (χ1v) is 5.69. The molecule has 0 bridgehead atoms. The van der Waals surface area contributed by atoms with Crippen LogP contribution in [0.2, 0.25) is 0 Å². The molecule has 0 aliphatic heterocycles. The van der Waals surface area contributed by atoms with Crippen molar-refractivity contribution in [2.24, 2.45) is 0 Å². The van der Waals surface area contributed by atoms with Crippen molar-refractivity contribution in [2.75, 3.05) is 0 Å². The van der Waals surface area contributed by atoms with Crippen molar-refractivity contribution in [1.82, 2.24) is 0 Å². The van der Waals surface area contributed by atoms with Crippen LogP contribution in [0.3, 0.4) is 0 Å². The van der Waals surface area contributed by atoms with Crippen molar-refractivity contribution in [3.63, 3.8) is 0 Å². The molecule has 2 aromatic carbocycles. The second kappa shape index (κ2) is 3.31. The van der Waals surface area contributed by atoms with E-state index in [9.17, 15) is 4.79 Å².